The van der Waals surface area contributed by atoms with Crippen LogP contribution in [0.2, 0.25) is 0 Å². The first-order valence-corrected chi connectivity index (χ1v) is 6.94. The fourth-order valence-corrected chi connectivity index (χ4v) is 2.29. The molecule has 0 spiro atoms. The Morgan fingerprint density at radius 2 is 1.76 bits per heavy atom. The van der Waals surface area contributed by atoms with Crippen LogP contribution in [0.4, 0.5) is 18.9 Å². The Hall–Kier alpha value is -1.38. The van der Waals surface area contributed by atoms with E-state index in [0.717, 1.165) is 32.2 Å². The van der Waals surface area contributed by atoms with Crippen molar-refractivity contribution < 1.29 is 13.2 Å². The summed E-state index contributed by atoms with van der Waals surface area (Å²) in [5, 5.41) is 4.68. The van der Waals surface area contributed by atoms with Crippen LogP contribution in [0.5, 0.6) is 0 Å². The minimum absolute atomic E-state index is 0.0448. The molecular formula is C13H17F3N4S. The molecule has 1 aliphatic rings. The fourth-order valence-electron chi connectivity index (χ4n) is 2.05. The Morgan fingerprint density at radius 1 is 1.14 bits per heavy atom. The first-order chi connectivity index (χ1) is 9.86. The van der Waals surface area contributed by atoms with Crippen molar-refractivity contribution in [3.63, 3.8) is 0 Å². The van der Waals surface area contributed by atoms with Gasteiger partial charge in [-0.1, -0.05) is 12.1 Å². The van der Waals surface area contributed by atoms with Gasteiger partial charge in [0.05, 0.1) is 11.3 Å². The highest BCUT2D eigenvalue weighted by Gasteiger charge is 2.33. The average molecular weight is 318 g/mol. The Labute approximate surface area is 126 Å². The lowest BCUT2D eigenvalue weighted by atomic mass is 10.2. The summed E-state index contributed by atoms with van der Waals surface area (Å²) in [6, 6.07) is 5.28. The minimum atomic E-state index is -4.41. The lowest BCUT2D eigenvalue weighted by Crippen LogP contribution is -2.53. The highest BCUT2D eigenvalue weighted by molar-refractivity contribution is 7.80. The maximum atomic E-state index is 12.9. The van der Waals surface area contributed by atoms with Gasteiger partial charge in [0.15, 0.2) is 5.11 Å². The summed E-state index contributed by atoms with van der Waals surface area (Å²) >= 11 is 5.08. The predicted octanol–water partition coefficient (Wildman–Crippen LogP) is 2.15. The van der Waals surface area contributed by atoms with Gasteiger partial charge in [0.25, 0.3) is 0 Å². The zero-order valence-corrected chi connectivity index (χ0v) is 12.4. The standard InChI is InChI=1S/C13H17F3N4S/c1-19-6-8-20(9-7-19)18-12(21)17-11-5-3-2-4-10(11)13(14,15)16/h2-5H,6-9H2,1H3,(H2,17,18,21). The van der Waals surface area contributed by atoms with Gasteiger partial charge in [0, 0.05) is 26.2 Å². The number of hydrogen-bond donors (Lipinski definition) is 2. The minimum Gasteiger partial charge on any atom is -0.331 e. The van der Waals surface area contributed by atoms with Gasteiger partial charge in [-0.25, -0.2) is 5.01 Å². The lowest BCUT2D eigenvalue weighted by molar-refractivity contribution is -0.136. The molecule has 0 saturated carbocycles. The number of rotatable bonds is 2. The molecule has 1 fully saturated rings. The molecule has 116 valence electrons. The molecule has 0 radical (unpaired) electrons. The molecule has 0 atom stereocenters. The Bertz CT molecular complexity index is 498. The van der Waals surface area contributed by atoms with Crippen molar-refractivity contribution in [1.29, 1.82) is 0 Å². The van der Waals surface area contributed by atoms with Crippen molar-refractivity contribution in [3.8, 4) is 0 Å². The molecule has 8 heteroatoms. The number of anilines is 1. The normalized spacial score (nSPS) is 17.5. The summed E-state index contributed by atoms with van der Waals surface area (Å²) < 4.78 is 38.6. The van der Waals surface area contributed by atoms with Gasteiger partial charge in [-0.3, -0.25) is 5.43 Å². The molecule has 0 bridgehead atoms. The second-order valence-corrected chi connectivity index (χ2v) is 5.31. The van der Waals surface area contributed by atoms with E-state index in [1.165, 1.54) is 18.2 Å². The topological polar surface area (TPSA) is 30.5 Å². The Balaban J connectivity index is 1.97. The van der Waals surface area contributed by atoms with Crippen molar-refractivity contribution >= 4 is 23.0 Å². The van der Waals surface area contributed by atoms with Gasteiger partial charge < -0.3 is 10.2 Å². The van der Waals surface area contributed by atoms with E-state index in [2.05, 4.69) is 15.6 Å². The van der Waals surface area contributed by atoms with E-state index in [-0.39, 0.29) is 10.8 Å². The van der Waals surface area contributed by atoms with Crippen LogP contribution in [-0.4, -0.2) is 48.2 Å². The largest absolute Gasteiger partial charge is 0.418 e. The molecule has 0 aliphatic carbocycles. The second-order valence-electron chi connectivity index (χ2n) is 4.90. The van der Waals surface area contributed by atoms with E-state index in [9.17, 15) is 13.2 Å². The zero-order chi connectivity index (χ0) is 15.5. The maximum absolute atomic E-state index is 12.9. The lowest BCUT2D eigenvalue weighted by Gasteiger charge is -2.33. The number of halogens is 3. The molecule has 2 N–H and O–H groups in total. The molecule has 1 saturated heterocycles. The van der Waals surface area contributed by atoms with E-state index in [1.54, 1.807) is 0 Å². The molecule has 1 aliphatic heterocycles. The van der Waals surface area contributed by atoms with Crippen LogP contribution in [0, 0.1) is 0 Å². The van der Waals surface area contributed by atoms with Gasteiger partial charge >= 0.3 is 6.18 Å². The van der Waals surface area contributed by atoms with E-state index >= 15 is 0 Å². The van der Waals surface area contributed by atoms with Crippen LogP contribution in [0.15, 0.2) is 24.3 Å². The number of hydrazine groups is 1. The molecule has 1 aromatic rings. The number of para-hydroxylation sites is 1. The van der Waals surface area contributed by atoms with E-state index in [4.69, 9.17) is 12.2 Å². The third-order valence-corrected chi connectivity index (χ3v) is 3.44. The molecule has 0 aromatic heterocycles. The number of piperazine rings is 1. The SMILES string of the molecule is CN1CCN(NC(=S)Nc2ccccc2C(F)(F)F)CC1. The van der Waals surface area contributed by atoms with Crippen molar-refractivity contribution in [2.24, 2.45) is 0 Å². The maximum Gasteiger partial charge on any atom is 0.418 e. The molecule has 1 heterocycles. The average Bonchev–Trinajstić information content (AvgIpc) is 2.41. The Kier molecular flexibility index (Phi) is 5.02. The molecule has 0 amide bonds. The zero-order valence-electron chi connectivity index (χ0n) is 11.6. The molecular weight excluding hydrogens is 301 g/mol. The summed E-state index contributed by atoms with van der Waals surface area (Å²) in [6.45, 7) is 3.29. The van der Waals surface area contributed by atoms with Crippen molar-refractivity contribution in [2.75, 3.05) is 38.5 Å². The van der Waals surface area contributed by atoms with E-state index in [0.29, 0.717) is 0 Å². The number of benzene rings is 1. The van der Waals surface area contributed by atoms with Crippen LogP contribution in [0.25, 0.3) is 0 Å². The fraction of sp³-hybridized carbons (Fsp3) is 0.462. The molecule has 0 unspecified atom stereocenters. The summed E-state index contributed by atoms with van der Waals surface area (Å²) in [5.74, 6) is 0. The third kappa shape index (κ3) is 4.55. The number of thiocarbonyl (C=S) groups is 1. The smallest absolute Gasteiger partial charge is 0.331 e. The number of likely N-dealkylation sites (N-methyl/N-ethyl adjacent to an activating group) is 1. The summed E-state index contributed by atoms with van der Waals surface area (Å²) in [5.41, 5.74) is 2.15. The number of alkyl halides is 3. The first-order valence-electron chi connectivity index (χ1n) is 6.53. The molecule has 2 rings (SSSR count). The quantitative estimate of drug-likeness (QED) is 0.816. The number of hydrogen-bond acceptors (Lipinski definition) is 3. The van der Waals surface area contributed by atoms with Crippen molar-refractivity contribution in [1.82, 2.24) is 15.3 Å². The van der Waals surface area contributed by atoms with Gasteiger partial charge in [-0.15, -0.1) is 0 Å². The van der Waals surface area contributed by atoms with E-state index < -0.39 is 11.7 Å². The van der Waals surface area contributed by atoms with Crippen molar-refractivity contribution in [2.45, 2.75) is 6.18 Å². The van der Waals surface area contributed by atoms with Crippen LogP contribution in [0.1, 0.15) is 5.56 Å². The third-order valence-electron chi connectivity index (χ3n) is 3.24. The molecule has 4 nitrogen and oxygen atoms in total. The highest BCUT2D eigenvalue weighted by Crippen LogP contribution is 2.34. The van der Waals surface area contributed by atoms with Crippen LogP contribution in [0.3, 0.4) is 0 Å². The van der Waals surface area contributed by atoms with Gasteiger partial charge in [0.1, 0.15) is 0 Å². The van der Waals surface area contributed by atoms with E-state index in [1.807, 2.05) is 12.1 Å². The predicted molar refractivity (Wildman–Crippen MR) is 79.9 cm³/mol. The van der Waals surface area contributed by atoms with Crippen LogP contribution in [-0.2, 0) is 6.18 Å². The summed E-state index contributed by atoms with van der Waals surface area (Å²) in [7, 11) is 2.02. The van der Waals surface area contributed by atoms with Gasteiger partial charge in [-0.2, -0.15) is 13.2 Å². The summed E-state index contributed by atoms with van der Waals surface area (Å²) in [4.78, 5) is 2.17. The van der Waals surface area contributed by atoms with Gasteiger partial charge in [-0.05, 0) is 31.4 Å². The monoisotopic (exact) mass is 318 g/mol. The second kappa shape index (κ2) is 6.59. The Morgan fingerprint density at radius 3 is 2.38 bits per heavy atom. The number of nitrogens with one attached hydrogen (secondary N) is 2. The first kappa shape index (κ1) is 16.0. The van der Waals surface area contributed by atoms with Crippen LogP contribution >= 0.6 is 12.2 Å². The highest BCUT2D eigenvalue weighted by atomic mass is 32.1. The number of nitrogens with zero attached hydrogens (tertiary/aromatic N) is 2. The van der Waals surface area contributed by atoms with Crippen molar-refractivity contribution in [3.05, 3.63) is 29.8 Å². The summed E-state index contributed by atoms with van der Waals surface area (Å²) in [6.07, 6.45) is -4.41. The van der Waals surface area contributed by atoms with Crippen LogP contribution < -0.4 is 10.7 Å². The molecule has 1 aromatic carbocycles. The molecule has 21 heavy (non-hydrogen) atoms. The van der Waals surface area contributed by atoms with Gasteiger partial charge in [0.2, 0.25) is 0 Å².